The minimum atomic E-state index is -3.84. The van der Waals surface area contributed by atoms with Crippen LogP contribution in [0.5, 0.6) is 0 Å². The first-order valence-corrected chi connectivity index (χ1v) is 15.1. The summed E-state index contributed by atoms with van der Waals surface area (Å²) in [5.41, 5.74) is -2.27. The first kappa shape index (κ1) is 29.0. The molecule has 2 aliphatic carbocycles. The maximum Gasteiger partial charge on any atom is 0.408 e. The zero-order valence-electron chi connectivity index (χ0n) is 22.7. The van der Waals surface area contributed by atoms with E-state index < -0.39 is 68.2 Å². The van der Waals surface area contributed by atoms with Crippen LogP contribution in [-0.2, 0) is 33.9 Å². The number of carbonyl (C=O) groups is 5. The summed E-state index contributed by atoms with van der Waals surface area (Å²) in [6, 6.07) is -2.19. The molecule has 216 valence electrons. The van der Waals surface area contributed by atoms with Gasteiger partial charge in [0.15, 0.2) is 5.78 Å². The van der Waals surface area contributed by atoms with E-state index in [1.165, 1.54) is 0 Å². The van der Waals surface area contributed by atoms with Crippen LogP contribution in [-0.4, -0.2) is 77.9 Å². The van der Waals surface area contributed by atoms with Gasteiger partial charge in [-0.15, -0.1) is 0 Å². The smallest absolute Gasteiger partial charge is 0.408 e. The van der Waals surface area contributed by atoms with E-state index in [9.17, 15) is 32.4 Å². The van der Waals surface area contributed by atoms with Crippen molar-refractivity contribution in [2.24, 2.45) is 5.92 Å². The highest BCUT2D eigenvalue weighted by atomic mass is 32.2. The van der Waals surface area contributed by atoms with Gasteiger partial charge in [-0.3, -0.25) is 23.9 Å². The average molecular weight is 567 g/mol. The predicted molar refractivity (Wildman–Crippen MR) is 140 cm³/mol. The quantitative estimate of drug-likeness (QED) is 0.425. The minimum Gasteiger partial charge on any atom is -0.444 e. The fourth-order valence-electron chi connectivity index (χ4n) is 5.08. The van der Waals surface area contributed by atoms with Gasteiger partial charge in [-0.05, 0) is 59.3 Å². The average Bonchev–Trinajstić information content (AvgIpc) is 3.73. The van der Waals surface area contributed by atoms with E-state index in [-0.39, 0.29) is 25.2 Å². The normalized spacial score (nSPS) is 31.1. The van der Waals surface area contributed by atoms with Crippen molar-refractivity contribution in [3.05, 3.63) is 12.2 Å². The van der Waals surface area contributed by atoms with E-state index in [2.05, 4.69) is 15.4 Å². The molecule has 2 aliphatic heterocycles. The highest BCUT2D eigenvalue weighted by molar-refractivity contribution is 7.91. The number of allylic oxidation sites excluding steroid dienone is 1. The first-order chi connectivity index (χ1) is 18.2. The minimum absolute atomic E-state index is 0.207. The van der Waals surface area contributed by atoms with Crippen molar-refractivity contribution >= 4 is 39.6 Å². The Morgan fingerprint density at radius 3 is 2.49 bits per heavy atom. The third-order valence-electron chi connectivity index (χ3n) is 7.42. The van der Waals surface area contributed by atoms with Crippen molar-refractivity contribution in [3.63, 3.8) is 0 Å². The second-order valence-electron chi connectivity index (χ2n) is 11.9. The van der Waals surface area contributed by atoms with Gasteiger partial charge < -0.3 is 20.3 Å². The van der Waals surface area contributed by atoms with Crippen molar-refractivity contribution in [1.29, 1.82) is 0 Å². The summed E-state index contributed by atoms with van der Waals surface area (Å²) in [5, 5.41) is 4.69. The predicted octanol–water partition coefficient (Wildman–Crippen LogP) is 1.05. The van der Waals surface area contributed by atoms with E-state index >= 15 is 0 Å². The van der Waals surface area contributed by atoms with Crippen molar-refractivity contribution in [1.82, 2.24) is 20.3 Å². The second kappa shape index (κ2) is 10.9. The van der Waals surface area contributed by atoms with Gasteiger partial charge in [-0.25, -0.2) is 13.2 Å². The van der Waals surface area contributed by atoms with E-state index in [1.807, 2.05) is 12.2 Å². The molecule has 0 radical (unpaired) electrons. The number of ether oxygens (including phenoxy) is 1. The highest BCUT2D eigenvalue weighted by Gasteiger charge is 2.62. The van der Waals surface area contributed by atoms with Gasteiger partial charge in [0, 0.05) is 12.3 Å². The third kappa shape index (κ3) is 6.98. The summed E-state index contributed by atoms with van der Waals surface area (Å²) >= 11 is 0. The number of fused-ring (bicyclic) bond motifs is 2. The molecule has 0 aromatic rings. The number of hydrogen-bond donors (Lipinski definition) is 3. The fraction of sp³-hybridized carbons (Fsp3) is 0.731. The van der Waals surface area contributed by atoms with E-state index in [4.69, 9.17) is 4.74 Å². The molecule has 0 aromatic carbocycles. The Labute approximate surface area is 228 Å². The van der Waals surface area contributed by atoms with Crippen molar-refractivity contribution < 1.29 is 37.1 Å². The SMILES string of the molecule is CC(C)(C)OC(=O)N[C@H]1CCCCC/C=C\[C@H]2C[C@@]2(C(=O)NS(=O)(=O)C2CC2)NC(=O)[C@@H]2CC(=O)CN2C1=O. The molecule has 0 unspecified atom stereocenters. The molecule has 12 nitrogen and oxygen atoms in total. The van der Waals surface area contributed by atoms with E-state index in [0.29, 0.717) is 32.1 Å². The lowest BCUT2D eigenvalue weighted by molar-refractivity contribution is -0.141. The lowest BCUT2D eigenvalue weighted by Gasteiger charge is -2.30. The largest absolute Gasteiger partial charge is 0.444 e. The van der Waals surface area contributed by atoms with Gasteiger partial charge in [0.2, 0.25) is 21.8 Å². The molecule has 1 saturated heterocycles. The first-order valence-electron chi connectivity index (χ1n) is 13.6. The van der Waals surface area contributed by atoms with Crippen molar-refractivity contribution in [3.8, 4) is 0 Å². The Bertz CT molecular complexity index is 1170. The summed E-state index contributed by atoms with van der Waals surface area (Å²) in [6.45, 7) is 4.79. The molecule has 13 heteroatoms. The Balaban J connectivity index is 1.57. The summed E-state index contributed by atoms with van der Waals surface area (Å²) < 4.78 is 32.4. The zero-order chi connectivity index (χ0) is 28.6. The van der Waals surface area contributed by atoms with Gasteiger partial charge in [-0.2, -0.15) is 0 Å². The Kier molecular flexibility index (Phi) is 8.11. The molecule has 2 heterocycles. The second-order valence-corrected chi connectivity index (χ2v) is 13.9. The standard InChI is InChI=1S/C26H38N4O8S/c1-25(2,3)38-24(35)27-19-10-8-6-4-5-7-9-16-14-26(16,23(34)29-39(36,37)18-11-12-18)28-21(32)20-13-17(31)15-30(20)22(19)33/h7,9,16,18-20H,4-6,8,10-15H2,1-3H3,(H,27,35)(H,28,32)(H,29,34)/b9-7-/t16-,19-,20-,26+/m0/s1. The van der Waals surface area contributed by atoms with E-state index in [0.717, 1.165) is 17.7 Å². The number of rotatable bonds is 4. The van der Waals surface area contributed by atoms with Crippen LogP contribution in [0.3, 0.4) is 0 Å². The fourth-order valence-corrected chi connectivity index (χ4v) is 6.44. The van der Waals surface area contributed by atoms with Crippen molar-refractivity contribution in [2.45, 2.75) is 107 Å². The van der Waals surface area contributed by atoms with Crippen molar-refractivity contribution in [2.75, 3.05) is 6.54 Å². The number of alkyl carbamates (subject to hydrolysis) is 1. The lowest BCUT2D eigenvalue weighted by atomic mass is 10.0. The number of hydrogen-bond acceptors (Lipinski definition) is 8. The molecule has 4 rings (SSSR count). The summed E-state index contributed by atoms with van der Waals surface area (Å²) in [5.74, 6) is -2.85. The van der Waals surface area contributed by atoms with Crippen LogP contribution in [0.4, 0.5) is 4.79 Å². The number of nitrogens with one attached hydrogen (secondary N) is 3. The molecule has 4 amide bonds. The van der Waals surface area contributed by atoms with Gasteiger partial charge >= 0.3 is 6.09 Å². The molecule has 3 N–H and O–H groups in total. The highest BCUT2D eigenvalue weighted by Crippen LogP contribution is 2.46. The van der Waals surface area contributed by atoms with Gasteiger partial charge in [0.1, 0.15) is 23.2 Å². The van der Waals surface area contributed by atoms with E-state index in [1.54, 1.807) is 20.8 Å². The zero-order valence-corrected chi connectivity index (χ0v) is 23.5. The lowest BCUT2D eigenvalue weighted by Crippen LogP contribution is -2.58. The van der Waals surface area contributed by atoms with Crippen LogP contribution in [0.2, 0.25) is 0 Å². The maximum atomic E-state index is 13.6. The topological polar surface area (TPSA) is 168 Å². The van der Waals surface area contributed by atoms with Crippen LogP contribution < -0.4 is 15.4 Å². The summed E-state index contributed by atoms with van der Waals surface area (Å²) in [7, 11) is -3.84. The molecular formula is C26H38N4O8S. The van der Waals surface area contributed by atoms with Crippen LogP contribution in [0.25, 0.3) is 0 Å². The molecule has 39 heavy (non-hydrogen) atoms. The molecule has 0 aromatic heterocycles. The van der Waals surface area contributed by atoms with Crippen LogP contribution in [0.1, 0.15) is 78.6 Å². The number of carbonyl (C=O) groups excluding carboxylic acids is 5. The Morgan fingerprint density at radius 1 is 1.10 bits per heavy atom. The molecule has 2 saturated carbocycles. The number of Topliss-reactive ketones (excluding diaryl/α,β-unsaturated/α-hetero) is 1. The molecule has 0 spiro atoms. The summed E-state index contributed by atoms with van der Waals surface area (Å²) in [4.78, 5) is 66.3. The molecule has 0 bridgehead atoms. The molecular weight excluding hydrogens is 528 g/mol. The maximum absolute atomic E-state index is 13.6. The molecule has 3 fully saturated rings. The van der Waals surface area contributed by atoms with Gasteiger partial charge in [-0.1, -0.05) is 25.0 Å². The van der Waals surface area contributed by atoms with Gasteiger partial charge in [0.25, 0.3) is 5.91 Å². The molecule has 4 aliphatic rings. The van der Waals surface area contributed by atoms with Crippen LogP contribution in [0, 0.1) is 5.92 Å². The van der Waals surface area contributed by atoms with Gasteiger partial charge in [0.05, 0.1) is 11.8 Å². The number of sulfonamides is 1. The Hall–Kier alpha value is -2.96. The summed E-state index contributed by atoms with van der Waals surface area (Å²) in [6.07, 6.45) is 7.05. The number of amides is 4. The van der Waals surface area contributed by atoms with Crippen LogP contribution >= 0.6 is 0 Å². The monoisotopic (exact) mass is 566 g/mol. The third-order valence-corrected chi connectivity index (χ3v) is 9.23. The number of ketones is 1. The molecule has 4 atom stereocenters. The van der Waals surface area contributed by atoms with Crippen LogP contribution in [0.15, 0.2) is 12.2 Å². The number of nitrogens with zero attached hydrogens (tertiary/aromatic N) is 1. The Morgan fingerprint density at radius 2 is 1.82 bits per heavy atom.